The Morgan fingerprint density at radius 3 is 2.62 bits per heavy atom. The monoisotopic (exact) mass is 391 g/mol. The summed E-state index contributed by atoms with van der Waals surface area (Å²) in [7, 11) is 0. The molecule has 2 N–H and O–H groups in total. The van der Waals surface area contributed by atoms with Gasteiger partial charge < -0.3 is 15.3 Å². The molecule has 1 fully saturated rings. The normalized spacial score (nSPS) is 15.7. The second-order valence-corrected chi connectivity index (χ2v) is 6.56. The topological polar surface area (TPSA) is 93.4 Å². The summed E-state index contributed by atoms with van der Waals surface area (Å²) < 4.78 is 0.839. The average Bonchev–Trinajstić information content (AvgIpc) is 2.57. The minimum atomic E-state index is -0.830. The highest BCUT2D eigenvalue weighted by Gasteiger charge is 2.28. The lowest BCUT2D eigenvalue weighted by molar-refractivity contribution is -0.145. The molecule has 1 heterocycles. The van der Waals surface area contributed by atoms with Crippen LogP contribution in [0.3, 0.4) is 0 Å². The number of carbonyl (C=O) groups is 2. The number of aliphatic carboxylic acids is 1. The van der Waals surface area contributed by atoms with Gasteiger partial charge in [0.05, 0.1) is 11.6 Å². The molecule has 24 heavy (non-hydrogen) atoms. The van der Waals surface area contributed by atoms with Gasteiger partial charge in [0.2, 0.25) is 0 Å². The lowest BCUT2D eigenvalue weighted by atomic mass is 9.97. The van der Waals surface area contributed by atoms with Gasteiger partial charge in [0.15, 0.2) is 0 Å². The summed E-state index contributed by atoms with van der Waals surface area (Å²) >= 11 is 3.43. The van der Waals surface area contributed by atoms with Gasteiger partial charge in [0.25, 0.3) is 5.91 Å². The summed E-state index contributed by atoms with van der Waals surface area (Å²) in [6, 6.07) is 7.62. The van der Waals surface area contributed by atoms with E-state index in [1.54, 1.807) is 0 Å². The minimum Gasteiger partial charge on any atom is -0.481 e. The third kappa shape index (κ3) is 4.36. The fourth-order valence-electron chi connectivity index (χ4n) is 2.53. The Morgan fingerprint density at radius 2 is 2.08 bits per heavy atom. The molecule has 0 aliphatic carbocycles. The second kappa shape index (κ2) is 7.97. The zero-order valence-corrected chi connectivity index (χ0v) is 14.8. The predicted molar refractivity (Wildman–Crippen MR) is 93.1 cm³/mol. The second-order valence-electron chi connectivity index (χ2n) is 5.70. The predicted octanol–water partition coefficient (Wildman–Crippen LogP) is 2.90. The number of piperidine rings is 1. The van der Waals surface area contributed by atoms with Crippen molar-refractivity contribution in [3.63, 3.8) is 0 Å². The molecule has 2 rings (SSSR count). The van der Waals surface area contributed by atoms with Crippen LogP contribution in [-0.2, 0) is 9.59 Å². The van der Waals surface area contributed by atoms with Gasteiger partial charge in [-0.15, -0.1) is 0 Å². The highest BCUT2D eigenvalue weighted by atomic mass is 79.9. The van der Waals surface area contributed by atoms with Crippen LogP contribution in [-0.4, -0.2) is 35.0 Å². The maximum atomic E-state index is 12.4. The molecule has 126 valence electrons. The maximum Gasteiger partial charge on any atom is 0.306 e. The number of carboxylic acid groups (broad SMARTS) is 1. The molecule has 1 aromatic carbocycles. The molecule has 7 heteroatoms. The summed E-state index contributed by atoms with van der Waals surface area (Å²) in [6.45, 7) is 2.67. The standard InChI is InChI=1S/C17H18BrN3O3/c1-11-2-3-15(14(18)8-11)20-10-13(9-19)16(22)21-6-4-12(5-7-21)17(23)24/h2-3,8,10,12,20H,4-7H2,1H3,(H,23,24)/b13-10-. The fourth-order valence-corrected chi connectivity index (χ4v) is 3.14. The third-order valence-electron chi connectivity index (χ3n) is 3.98. The Morgan fingerprint density at radius 1 is 1.42 bits per heavy atom. The molecule has 0 saturated carbocycles. The molecule has 1 amide bonds. The Kier molecular flexibility index (Phi) is 5.99. The number of anilines is 1. The first kappa shape index (κ1) is 18.0. The van der Waals surface area contributed by atoms with E-state index in [1.807, 2.05) is 31.2 Å². The number of likely N-dealkylation sites (tertiary alicyclic amines) is 1. The number of amides is 1. The zero-order valence-electron chi connectivity index (χ0n) is 13.3. The Labute approximate surface area is 148 Å². The molecule has 0 atom stereocenters. The smallest absolute Gasteiger partial charge is 0.306 e. The Bertz CT molecular complexity index is 716. The van der Waals surface area contributed by atoms with Crippen molar-refractivity contribution in [1.29, 1.82) is 5.26 Å². The van der Waals surface area contributed by atoms with Crippen LogP contribution < -0.4 is 5.32 Å². The molecule has 0 unspecified atom stereocenters. The lowest BCUT2D eigenvalue weighted by Crippen LogP contribution is -2.40. The fraction of sp³-hybridized carbons (Fsp3) is 0.353. The van der Waals surface area contributed by atoms with Crippen molar-refractivity contribution in [1.82, 2.24) is 4.90 Å². The number of carboxylic acids is 1. The first-order valence-corrected chi connectivity index (χ1v) is 8.36. The maximum absolute atomic E-state index is 12.4. The quantitative estimate of drug-likeness (QED) is 0.607. The first-order chi connectivity index (χ1) is 11.4. The number of aryl methyl sites for hydroxylation is 1. The van der Waals surface area contributed by atoms with E-state index in [0.29, 0.717) is 25.9 Å². The van der Waals surface area contributed by atoms with Crippen molar-refractivity contribution in [3.05, 3.63) is 40.0 Å². The molecule has 0 bridgehead atoms. The van der Waals surface area contributed by atoms with Crippen molar-refractivity contribution >= 4 is 33.5 Å². The number of rotatable bonds is 4. The van der Waals surface area contributed by atoms with Gasteiger partial charge in [0.1, 0.15) is 11.6 Å². The molecule has 1 aliphatic heterocycles. The molecule has 1 aromatic rings. The van der Waals surface area contributed by atoms with Crippen LogP contribution in [0.1, 0.15) is 18.4 Å². The molecule has 0 aromatic heterocycles. The Balaban J connectivity index is 2.04. The van der Waals surface area contributed by atoms with E-state index in [1.165, 1.54) is 11.1 Å². The molecule has 6 nitrogen and oxygen atoms in total. The number of nitriles is 1. The van der Waals surface area contributed by atoms with Crippen LogP contribution in [0.4, 0.5) is 5.69 Å². The van der Waals surface area contributed by atoms with Crippen LogP contribution in [0.2, 0.25) is 0 Å². The van der Waals surface area contributed by atoms with Gasteiger partial charge in [-0.05, 0) is 53.4 Å². The van der Waals surface area contributed by atoms with E-state index in [4.69, 9.17) is 5.11 Å². The van der Waals surface area contributed by atoms with Crippen molar-refractivity contribution in [2.45, 2.75) is 19.8 Å². The van der Waals surface area contributed by atoms with Crippen molar-refractivity contribution in [2.24, 2.45) is 5.92 Å². The lowest BCUT2D eigenvalue weighted by Gasteiger charge is -2.29. The number of hydrogen-bond acceptors (Lipinski definition) is 4. The zero-order chi connectivity index (χ0) is 17.7. The summed E-state index contributed by atoms with van der Waals surface area (Å²) in [5.74, 6) is -1.62. The number of nitrogens with one attached hydrogen (secondary N) is 1. The average molecular weight is 392 g/mol. The van der Waals surface area contributed by atoms with Gasteiger partial charge >= 0.3 is 5.97 Å². The van der Waals surface area contributed by atoms with E-state index in [9.17, 15) is 14.9 Å². The SMILES string of the molecule is Cc1ccc(N/C=C(/C#N)C(=O)N2CCC(C(=O)O)CC2)c(Br)c1. The number of nitrogens with zero attached hydrogens (tertiary/aromatic N) is 2. The third-order valence-corrected chi connectivity index (χ3v) is 4.63. The molecule has 1 saturated heterocycles. The minimum absolute atomic E-state index is 0.00347. The van der Waals surface area contributed by atoms with Gasteiger partial charge in [-0.25, -0.2) is 0 Å². The van der Waals surface area contributed by atoms with Gasteiger partial charge in [0, 0.05) is 23.8 Å². The largest absolute Gasteiger partial charge is 0.481 e. The van der Waals surface area contributed by atoms with Crippen LogP contribution in [0.25, 0.3) is 0 Å². The van der Waals surface area contributed by atoms with E-state index in [0.717, 1.165) is 15.7 Å². The Hall–Kier alpha value is -2.33. The summed E-state index contributed by atoms with van der Waals surface area (Å²) in [4.78, 5) is 24.9. The highest BCUT2D eigenvalue weighted by molar-refractivity contribution is 9.10. The van der Waals surface area contributed by atoms with Crippen LogP contribution in [0.15, 0.2) is 34.4 Å². The van der Waals surface area contributed by atoms with Crippen LogP contribution in [0.5, 0.6) is 0 Å². The first-order valence-electron chi connectivity index (χ1n) is 7.57. The summed E-state index contributed by atoms with van der Waals surface area (Å²) in [5, 5.41) is 21.2. The summed E-state index contributed by atoms with van der Waals surface area (Å²) in [6.07, 6.45) is 2.22. The van der Waals surface area contributed by atoms with Crippen molar-refractivity contribution in [2.75, 3.05) is 18.4 Å². The number of carbonyl (C=O) groups excluding carboxylic acids is 1. The van der Waals surface area contributed by atoms with E-state index >= 15 is 0 Å². The molecule has 1 aliphatic rings. The number of hydrogen-bond donors (Lipinski definition) is 2. The van der Waals surface area contributed by atoms with Gasteiger partial charge in [-0.1, -0.05) is 6.07 Å². The summed E-state index contributed by atoms with van der Waals surface area (Å²) in [5.41, 5.74) is 1.84. The van der Waals surface area contributed by atoms with E-state index in [-0.39, 0.29) is 11.5 Å². The van der Waals surface area contributed by atoms with E-state index in [2.05, 4.69) is 21.2 Å². The highest BCUT2D eigenvalue weighted by Crippen LogP contribution is 2.24. The van der Waals surface area contributed by atoms with Gasteiger partial charge in [-0.3, -0.25) is 9.59 Å². The van der Waals surface area contributed by atoms with Crippen molar-refractivity contribution in [3.8, 4) is 6.07 Å². The van der Waals surface area contributed by atoms with Gasteiger partial charge in [-0.2, -0.15) is 5.26 Å². The molecule has 0 spiro atoms. The molecule has 0 radical (unpaired) electrons. The number of benzene rings is 1. The van der Waals surface area contributed by atoms with Crippen molar-refractivity contribution < 1.29 is 14.7 Å². The van der Waals surface area contributed by atoms with Crippen LogP contribution >= 0.6 is 15.9 Å². The van der Waals surface area contributed by atoms with E-state index < -0.39 is 11.9 Å². The molecular formula is C17H18BrN3O3. The number of halogens is 1. The van der Waals surface area contributed by atoms with Crippen LogP contribution in [0, 0.1) is 24.2 Å². The molecular weight excluding hydrogens is 374 g/mol.